The summed E-state index contributed by atoms with van der Waals surface area (Å²) in [6.45, 7) is 0.495. The van der Waals surface area contributed by atoms with Crippen LogP contribution in [0.15, 0.2) is 57.7 Å². The van der Waals surface area contributed by atoms with Crippen molar-refractivity contribution >= 4 is 5.91 Å². The second kappa shape index (κ2) is 6.83. The van der Waals surface area contributed by atoms with Gasteiger partial charge in [-0.05, 0) is 36.2 Å². The highest BCUT2D eigenvalue weighted by Crippen LogP contribution is 2.20. The van der Waals surface area contributed by atoms with E-state index < -0.39 is 0 Å². The summed E-state index contributed by atoms with van der Waals surface area (Å²) in [5.74, 6) is 1.48. The summed E-state index contributed by atoms with van der Waals surface area (Å²) < 4.78 is 15.5. The maximum Gasteiger partial charge on any atom is 0.273 e. The number of nitrogens with zero attached hydrogens (tertiary/aromatic N) is 1. The van der Waals surface area contributed by atoms with Crippen LogP contribution in [0.3, 0.4) is 0 Å². The molecule has 1 amide bonds. The minimum absolute atomic E-state index is 0.224. The van der Waals surface area contributed by atoms with Gasteiger partial charge in [0.2, 0.25) is 5.76 Å². The molecule has 2 heterocycles. The van der Waals surface area contributed by atoms with Crippen LogP contribution in [0, 0.1) is 0 Å². The van der Waals surface area contributed by atoms with Crippen molar-refractivity contribution in [2.24, 2.45) is 0 Å². The fourth-order valence-corrected chi connectivity index (χ4v) is 2.16. The molecule has 0 fully saturated rings. The first-order valence-corrected chi connectivity index (χ1v) is 7.18. The second-order valence-electron chi connectivity index (χ2n) is 4.91. The molecule has 6 nitrogen and oxygen atoms in total. The number of hydrogen-bond donors (Lipinski definition) is 1. The smallest absolute Gasteiger partial charge is 0.273 e. The van der Waals surface area contributed by atoms with Crippen LogP contribution in [0.25, 0.3) is 11.5 Å². The van der Waals surface area contributed by atoms with E-state index in [1.54, 1.807) is 25.3 Å². The molecule has 0 aliphatic rings. The van der Waals surface area contributed by atoms with E-state index in [4.69, 9.17) is 13.7 Å². The van der Waals surface area contributed by atoms with Gasteiger partial charge in [-0.3, -0.25) is 4.79 Å². The highest BCUT2D eigenvalue weighted by molar-refractivity contribution is 5.92. The van der Waals surface area contributed by atoms with Crippen molar-refractivity contribution in [3.63, 3.8) is 0 Å². The van der Waals surface area contributed by atoms with Crippen LogP contribution in [-0.2, 0) is 6.42 Å². The second-order valence-corrected chi connectivity index (χ2v) is 4.91. The Morgan fingerprint density at radius 1 is 1.22 bits per heavy atom. The lowest BCUT2D eigenvalue weighted by atomic mass is 10.1. The summed E-state index contributed by atoms with van der Waals surface area (Å²) >= 11 is 0. The summed E-state index contributed by atoms with van der Waals surface area (Å²) in [4.78, 5) is 12.1. The number of methoxy groups -OCH3 is 1. The van der Waals surface area contributed by atoms with Crippen molar-refractivity contribution in [2.45, 2.75) is 6.42 Å². The van der Waals surface area contributed by atoms with Crippen molar-refractivity contribution < 1.29 is 18.5 Å². The van der Waals surface area contributed by atoms with Crippen LogP contribution in [0.5, 0.6) is 5.75 Å². The number of furan rings is 1. The number of nitrogens with one attached hydrogen (secondary N) is 1. The first-order valence-electron chi connectivity index (χ1n) is 7.18. The molecule has 118 valence electrons. The Morgan fingerprint density at radius 2 is 2.13 bits per heavy atom. The van der Waals surface area contributed by atoms with E-state index in [0.717, 1.165) is 11.3 Å². The molecule has 0 saturated carbocycles. The normalized spacial score (nSPS) is 10.5. The molecule has 0 spiro atoms. The maximum absolute atomic E-state index is 12.1. The zero-order valence-corrected chi connectivity index (χ0v) is 12.6. The minimum Gasteiger partial charge on any atom is -0.497 e. The van der Waals surface area contributed by atoms with Crippen LogP contribution in [0.4, 0.5) is 0 Å². The number of aromatic nitrogens is 1. The van der Waals surface area contributed by atoms with Gasteiger partial charge in [-0.1, -0.05) is 17.3 Å². The molecule has 3 aromatic rings. The summed E-state index contributed by atoms with van der Waals surface area (Å²) in [6.07, 6.45) is 2.23. The van der Waals surface area contributed by atoms with Crippen molar-refractivity contribution in [1.29, 1.82) is 0 Å². The van der Waals surface area contributed by atoms with Gasteiger partial charge in [-0.2, -0.15) is 0 Å². The van der Waals surface area contributed by atoms with Gasteiger partial charge in [0.15, 0.2) is 11.5 Å². The van der Waals surface area contributed by atoms with Gasteiger partial charge in [0.1, 0.15) is 5.75 Å². The van der Waals surface area contributed by atoms with Crippen LogP contribution in [0.1, 0.15) is 16.1 Å². The quantitative estimate of drug-likeness (QED) is 0.757. The molecular formula is C17H16N2O4. The third-order valence-electron chi connectivity index (χ3n) is 3.34. The van der Waals surface area contributed by atoms with Crippen LogP contribution in [-0.4, -0.2) is 24.7 Å². The molecule has 1 aromatic carbocycles. The average Bonchev–Trinajstić information content (AvgIpc) is 3.26. The van der Waals surface area contributed by atoms with E-state index >= 15 is 0 Å². The van der Waals surface area contributed by atoms with E-state index in [2.05, 4.69) is 10.5 Å². The third kappa shape index (κ3) is 3.60. The molecule has 0 aliphatic carbocycles. The van der Waals surface area contributed by atoms with Crippen molar-refractivity contribution in [3.05, 3.63) is 60.0 Å². The van der Waals surface area contributed by atoms with Gasteiger partial charge in [-0.25, -0.2) is 0 Å². The number of benzene rings is 1. The Kier molecular flexibility index (Phi) is 4.42. The summed E-state index contributed by atoms with van der Waals surface area (Å²) in [5, 5.41) is 6.57. The summed E-state index contributed by atoms with van der Waals surface area (Å²) in [7, 11) is 1.63. The monoisotopic (exact) mass is 312 g/mol. The van der Waals surface area contributed by atoms with Gasteiger partial charge >= 0.3 is 0 Å². The van der Waals surface area contributed by atoms with Gasteiger partial charge in [-0.15, -0.1) is 0 Å². The van der Waals surface area contributed by atoms with E-state index in [-0.39, 0.29) is 11.6 Å². The Morgan fingerprint density at radius 3 is 2.91 bits per heavy atom. The van der Waals surface area contributed by atoms with Crippen LogP contribution >= 0.6 is 0 Å². The lowest BCUT2D eigenvalue weighted by molar-refractivity contribution is 0.0945. The van der Waals surface area contributed by atoms with E-state index in [0.29, 0.717) is 24.5 Å². The minimum atomic E-state index is -0.283. The van der Waals surface area contributed by atoms with E-state index in [1.807, 2.05) is 24.3 Å². The molecule has 0 aliphatic heterocycles. The van der Waals surface area contributed by atoms with Gasteiger partial charge in [0.25, 0.3) is 5.91 Å². The fraction of sp³-hybridized carbons (Fsp3) is 0.176. The number of hydrogen-bond acceptors (Lipinski definition) is 5. The number of carbonyl (C=O) groups is 1. The molecule has 3 rings (SSSR count). The van der Waals surface area contributed by atoms with Crippen LogP contribution in [0.2, 0.25) is 0 Å². The molecule has 2 aromatic heterocycles. The van der Waals surface area contributed by atoms with Gasteiger partial charge in [0.05, 0.1) is 13.4 Å². The van der Waals surface area contributed by atoms with Crippen molar-refractivity contribution in [2.75, 3.05) is 13.7 Å². The largest absolute Gasteiger partial charge is 0.497 e. The summed E-state index contributed by atoms with van der Waals surface area (Å²) in [6, 6.07) is 12.8. The molecule has 23 heavy (non-hydrogen) atoms. The number of rotatable bonds is 6. The lowest BCUT2D eigenvalue weighted by Crippen LogP contribution is -2.25. The molecule has 0 unspecified atom stereocenters. The van der Waals surface area contributed by atoms with E-state index in [9.17, 15) is 4.79 Å². The molecule has 6 heteroatoms. The molecule has 0 saturated heterocycles. The zero-order chi connectivity index (χ0) is 16.1. The fourth-order valence-electron chi connectivity index (χ4n) is 2.16. The van der Waals surface area contributed by atoms with Crippen LogP contribution < -0.4 is 10.1 Å². The molecular weight excluding hydrogens is 296 g/mol. The predicted octanol–water partition coefficient (Wildman–Crippen LogP) is 2.92. The average molecular weight is 312 g/mol. The summed E-state index contributed by atoms with van der Waals surface area (Å²) in [5.41, 5.74) is 1.31. The highest BCUT2D eigenvalue weighted by atomic mass is 16.5. The van der Waals surface area contributed by atoms with E-state index in [1.165, 1.54) is 6.26 Å². The highest BCUT2D eigenvalue weighted by Gasteiger charge is 2.14. The van der Waals surface area contributed by atoms with Gasteiger partial charge < -0.3 is 19.0 Å². The first-order chi connectivity index (χ1) is 11.3. The molecule has 1 N–H and O–H groups in total. The van der Waals surface area contributed by atoms with Crippen molar-refractivity contribution in [1.82, 2.24) is 10.5 Å². The molecule has 0 radical (unpaired) electrons. The lowest BCUT2D eigenvalue weighted by Gasteiger charge is -2.05. The SMILES string of the molecule is COc1cccc(CCNC(=O)c2cc(-c3ccco3)on2)c1. The Bertz CT molecular complexity index is 778. The standard InChI is InChI=1S/C17H16N2O4/c1-21-13-5-2-4-12(10-13)7-8-18-17(20)14-11-16(23-19-14)15-6-3-9-22-15/h2-6,9-11H,7-8H2,1H3,(H,18,20). The number of carbonyl (C=O) groups excluding carboxylic acids is 1. The Labute approximate surface area is 133 Å². The Balaban J connectivity index is 1.55. The Hall–Kier alpha value is -3.02. The number of ether oxygens (including phenoxy) is 1. The molecule has 0 atom stereocenters. The van der Waals surface area contributed by atoms with Crippen molar-refractivity contribution in [3.8, 4) is 17.3 Å². The number of amides is 1. The van der Waals surface area contributed by atoms with Gasteiger partial charge in [0, 0.05) is 12.6 Å². The molecule has 0 bridgehead atoms. The predicted molar refractivity (Wildman–Crippen MR) is 83.2 cm³/mol. The maximum atomic E-state index is 12.1. The topological polar surface area (TPSA) is 77.5 Å². The zero-order valence-electron chi connectivity index (χ0n) is 12.6. The first kappa shape index (κ1) is 14.9. The third-order valence-corrected chi connectivity index (χ3v) is 3.34.